The summed E-state index contributed by atoms with van der Waals surface area (Å²) in [7, 11) is 0. The summed E-state index contributed by atoms with van der Waals surface area (Å²) in [6.07, 6.45) is 4.28. The number of unbranched alkanes of at least 4 members (excludes halogenated alkanes) is 2. The molecule has 0 radical (unpaired) electrons. The Morgan fingerprint density at radius 2 is 1.50 bits per heavy atom. The molecule has 134 valence electrons. The molecule has 0 heterocycles. The third kappa shape index (κ3) is 4.57. The summed E-state index contributed by atoms with van der Waals surface area (Å²) in [6.45, 7) is 2.12. The number of isothiocyanates is 1. The van der Waals surface area contributed by atoms with Crippen molar-refractivity contribution in [3.05, 3.63) is 64.2 Å². The van der Waals surface area contributed by atoms with E-state index in [0.29, 0.717) is 5.56 Å². The molecule has 26 heavy (non-hydrogen) atoms. The van der Waals surface area contributed by atoms with Crippen LogP contribution in [0.3, 0.4) is 0 Å². The zero-order chi connectivity index (χ0) is 19.1. The molecule has 1 nitrogen and oxygen atoms in total. The first-order valence-electron chi connectivity index (χ1n) is 8.04. The highest BCUT2D eigenvalue weighted by atomic mass is 32.1. The summed E-state index contributed by atoms with van der Waals surface area (Å²) in [4.78, 5) is 3.01. The molecule has 0 aliphatic rings. The van der Waals surface area contributed by atoms with Gasteiger partial charge >= 0.3 is 0 Å². The number of halogens is 4. The first-order valence-corrected chi connectivity index (χ1v) is 8.45. The second-order valence-corrected chi connectivity index (χ2v) is 5.77. The third-order valence-electron chi connectivity index (χ3n) is 3.75. The molecule has 2 aromatic rings. The lowest BCUT2D eigenvalue weighted by molar-refractivity contribution is 0.454. The molecule has 0 saturated heterocycles. The van der Waals surface area contributed by atoms with Gasteiger partial charge in [0.25, 0.3) is 0 Å². The fourth-order valence-electron chi connectivity index (χ4n) is 2.34. The molecule has 0 amide bonds. The van der Waals surface area contributed by atoms with E-state index in [0.717, 1.165) is 31.2 Å². The van der Waals surface area contributed by atoms with E-state index in [1.54, 1.807) is 17.3 Å². The molecular weight excluding hydrogens is 362 g/mol. The minimum Gasteiger partial charge on any atom is -0.202 e. The van der Waals surface area contributed by atoms with Crippen LogP contribution >= 0.6 is 12.2 Å². The lowest BCUT2D eigenvalue weighted by Gasteiger charge is -2.04. The number of thiocarbonyl (C=S) groups is 1. The normalized spacial score (nSPS) is 10.0. The number of hydrogen-bond acceptors (Lipinski definition) is 2. The van der Waals surface area contributed by atoms with Gasteiger partial charge in [-0.3, -0.25) is 0 Å². The largest absolute Gasteiger partial charge is 0.202 e. The van der Waals surface area contributed by atoms with Crippen LogP contribution in [-0.4, -0.2) is 5.16 Å². The van der Waals surface area contributed by atoms with Crippen LogP contribution in [0.4, 0.5) is 23.2 Å². The highest BCUT2D eigenvalue weighted by molar-refractivity contribution is 7.78. The Bertz CT molecular complexity index is 875. The maximum absolute atomic E-state index is 14.0. The van der Waals surface area contributed by atoms with Crippen molar-refractivity contribution in [2.45, 2.75) is 32.6 Å². The minimum atomic E-state index is -1.66. The maximum Gasteiger partial charge on any atom is 0.189 e. The molecule has 0 spiro atoms. The van der Waals surface area contributed by atoms with Crippen LogP contribution < -0.4 is 0 Å². The number of aryl methyl sites for hydroxylation is 1. The number of hydrogen-bond donors (Lipinski definition) is 0. The van der Waals surface area contributed by atoms with Crippen molar-refractivity contribution in [2.24, 2.45) is 4.99 Å². The summed E-state index contributed by atoms with van der Waals surface area (Å²) < 4.78 is 55.5. The van der Waals surface area contributed by atoms with Gasteiger partial charge in [-0.15, -0.1) is 0 Å². The van der Waals surface area contributed by atoms with Gasteiger partial charge < -0.3 is 0 Å². The van der Waals surface area contributed by atoms with Crippen molar-refractivity contribution in [3.63, 3.8) is 0 Å². The van der Waals surface area contributed by atoms with E-state index < -0.39 is 34.5 Å². The first-order chi connectivity index (χ1) is 12.5. The number of rotatable bonds is 5. The van der Waals surface area contributed by atoms with Gasteiger partial charge in [0.05, 0.1) is 5.16 Å². The van der Waals surface area contributed by atoms with E-state index in [1.165, 1.54) is 0 Å². The monoisotopic (exact) mass is 377 g/mol. The van der Waals surface area contributed by atoms with Crippen LogP contribution in [0.2, 0.25) is 0 Å². The fraction of sp³-hybridized carbons (Fsp3) is 0.250. The predicted octanol–water partition coefficient (Wildman–Crippen LogP) is 6.11. The molecule has 0 aromatic heterocycles. The molecule has 0 fully saturated rings. The van der Waals surface area contributed by atoms with Crippen molar-refractivity contribution in [1.82, 2.24) is 0 Å². The molecule has 2 aromatic carbocycles. The molecule has 0 atom stereocenters. The fourth-order valence-corrected chi connectivity index (χ4v) is 2.43. The summed E-state index contributed by atoms with van der Waals surface area (Å²) in [5.74, 6) is -1.87. The average Bonchev–Trinajstić information content (AvgIpc) is 2.65. The van der Waals surface area contributed by atoms with Crippen molar-refractivity contribution in [2.75, 3.05) is 0 Å². The predicted molar refractivity (Wildman–Crippen MR) is 96.6 cm³/mol. The van der Waals surface area contributed by atoms with Crippen LogP contribution in [0.5, 0.6) is 0 Å². The highest BCUT2D eigenvalue weighted by Crippen LogP contribution is 2.29. The van der Waals surface area contributed by atoms with Crippen LogP contribution in [0.15, 0.2) is 29.3 Å². The molecule has 2 rings (SSSR count). The Balaban J connectivity index is 2.31. The molecule has 0 unspecified atom stereocenters. The molecule has 6 heteroatoms. The SMILES string of the molecule is CCCCCc1ccc(C#Cc2c(F)c(F)c(N=C=S)c(F)c2F)cc1. The molecular formula is C20H15F4NS. The van der Waals surface area contributed by atoms with Gasteiger partial charge in [-0.2, -0.15) is 4.99 Å². The Kier molecular flexibility index (Phi) is 7.08. The Morgan fingerprint density at radius 3 is 2.04 bits per heavy atom. The standard InChI is InChI=1S/C20H15F4NS/c1-2-3-4-5-13-6-8-14(9-7-13)10-11-15-16(21)18(23)20(25-12-26)19(24)17(15)22/h6-9H,2-5H2,1H3. The van der Waals surface area contributed by atoms with Crippen LogP contribution in [0, 0.1) is 35.1 Å². The molecule has 0 aliphatic carbocycles. The van der Waals surface area contributed by atoms with E-state index in [9.17, 15) is 17.6 Å². The zero-order valence-corrected chi connectivity index (χ0v) is 14.8. The first kappa shape index (κ1) is 19.8. The average molecular weight is 377 g/mol. The lowest BCUT2D eigenvalue weighted by Crippen LogP contribution is -2.00. The van der Waals surface area contributed by atoms with E-state index >= 15 is 0 Å². The third-order valence-corrected chi connectivity index (χ3v) is 3.84. The zero-order valence-electron chi connectivity index (χ0n) is 14.0. The smallest absolute Gasteiger partial charge is 0.189 e. The van der Waals surface area contributed by atoms with Crippen LogP contribution in [0.25, 0.3) is 0 Å². The van der Waals surface area contributed by atoms with Gasteiger partial charge in [0.15, 0.2) is 29.0 Å². The summed E-state index contributed by atoms with van der Waals surface area (Å²) >= 11 is 4.21. The maximum atomic E-state index is 14.0. The molecule has 0 aliphatic heterocycles. The van der Waals surface area contributed by atoms with Crippen LogP contribution in [0.1, 0.15) is 42.9 Å². The Morgan fingerprint density at radius 1 is 0.885 bits per heavy atom. The second kappa shape index (κ2) is 9.28. The minimum absolute atomic E-state index is 0.477. The number of aliphatic imine (C=N–C) groups is 1. The summed E-state index contributed by atoms with van der Waals surface area (Å²) in [5.41, 5.74) is -0.544. The van der Waals surface area contributed by atoms with Crippen molar-refractivity contribution in [1.29, 1.82) is 0 Å². The van der Waals surface area contributed by atoms with E-state index in [2.05, 4.69) is 36.0 Å². The van der Waals surface area contributed by atoms with Gasteiger partial charge in [-0.1, -0.05) is 43.7 Å². The van der Waals surface area contributed by atoms with Crippen LogP contribution in [-0.2, 0) is 6.42 Å². The topological polar surface area (TPSA) is 12.4 Å². The van der Waals surface area contributed by atoms with Gasteiger partial charge in [-0.05, 0) is 42.8 Å². The number of benzene rings is 2. The lowest BCUT2D eigenvalue weighted by atomic mass is 10.1. The second-order valence-electron chi connectivity index (χ2n) is 5.59. The number of nitrogens with zero attached hydrogens (tertiary/aromatic N) is 1. The molecule has 0 bridgehead atoms. The summed E-state index contributed by atoms with van der Waals surface area (Å²) in [5, 5.41) is 1.68. The van der Waals surface area contributed by atoms with Crippen molar-refractivity contribution < 1.29 is 17.6 Å². The quantitative estimate of drug-likeness (QED) is 0.153. The highest BCUT2D eigenvalue weighted by Gasteiger charge is 2.24. The van der Waals surface area contributed by atoms with Crippen molar-refractivity contribution in [3.8, 4) is 11.8 Å². The van der Waals surface area contributed by atoms with Gasteiger partial charge in [0.1, 0.15) is 5.56 Å². The Labute approximate surface area is 154 Å². The molecule has 0 saturated carbocycles. The van der Waals surface area contributed by atoms with E-state index in [1.807, 2.05) is 12.1 Å². The van der Waals surface area contributed by atoms with E-state index in [4.69, 9.17) is 0 Å². The molecule has 0 N–H and O–H groups in total. The van der Waals surface area contributed by atoms with Crippen molar-refractivity contribution >= 4 is 23.1 Å². The van der Waals surface area contributed by atoms with Gasteiger partial charge in [-0.25, -0.2) is 17.6 Å². The van der Waals surface area contributed by atoms with E-state index in [-0.39, 0.29) is 0 Å². The van der Waals surface area contributed by atoms with Gasteiger partial charge in [0, 0.05) is 5.56 Å². The summed E-state index contributed by atoms with van der Waals surface area (Å²) in [6, 6.07) is 7.12. The Hall–Kier alpha value is -2.48. The van der Waals surface area contributed by atoms with Gasteiger partial charge in [0.2, 0.25) is 0 Å².